The Morgan fingerprint density at radius 1 is 1.19 bits per heavy atom. The first-order valence-electron chi connectivity index (χ1n) is 6.24. The van der Waals surface area contributed by atoms with Gasteiger partial charge < -0.3 is 15.0 Å². The van der Waals surface area contributed by atoms with Gasteiger partial charge in [-0.2, -0.15) is 0 Å². The molecule has 16 heavy (non-hydrogen) atoms. The van der Waals surface area contributed by atoms with E-state index < -0.39 is 0 Å². The third kappa shape index (κ3) is 9.13. The van der Waals surface area contributed by atoms with Crippen molar-refractivity contribution in [3.05, 3.63) is 0 Å². The topological polar surface area (TPSA) is 24.5 Å². The number of nitrogens with one attached hydrogen (secondary N) is 1. The van der Waals surface area contributed by atoms with Crippen LogP contribution in [0.2, 0.25) is 0 Å². The van der Waals surface area contributed by atoms with Gasteiger partial charge in [0.15, 0.2) is 0 Å². The molecular formula is C13H30N2O. The minimum Gasteiger partial charge on any atom is -0.375 e. The van der Waals surface area contributed by atoms with Crippen LogP contribution >= 0.6 is 0 Å². The second kappa shape index (κ2) is 7.25. The molecule has 0 aromatic rings. The highest BCUT2D eigenvalue weighted by Crippen LogP contribution is 2.06. The van der Waals surface area contributed by atoms with Gasteiger partial charge in [-0.3, -0.25) is 0 Å². The molecule has 0 aliphatic heterocycles. The Morgan fingerprint density at radius 2 is 1.75 bits per heavy atom. The lowest BCUT2D eigenvalue weighted by Gasteiger charge is -2.27. The summed E-state index contributed by atoms with van der Waals surface area (Å²) in [5, 5.41) is 3.56. The van der Waals surface area contributed by atoms with Crippen molar-refractivity contribution in [2.75, 3.05) is 33.8 Å². The first kappa shape index (κ1) is 15.9. The zero-order valence-electron chi connectivity index (χ0n) is 12.1. The normalized spacial score (nSPS) is 14.8. The van der Waals surface area contributed by atoms with E-state index in [-0.39, 0.29) is 5.60 Å². The van der Waals surface area contributed by atoms with Crippen molar-refractivity contribution in [1.82, 2.24) is 10.2 Å². The zero-order valence-corrected chi connectivity index (χ0v) is 12.1. The van der Waals surface area contributed by atoms with Gasteiger partial charge in [-0.15, -0.1) is 0 Å². The summed E-state index contributed by atoms with van der Waals surface area (Å²) in [7, 11) is 4.23. The van der Waals surface area contributed by atoms with E-state index in [1.54, 1.807) is 0 Å². The highest BCUT2D eigenvalue weighted by atomic mass is 16.5. The van der Waals surface area contributed by atoms with E-state index in [1.165, 1.54) is 0 Å². The number of hydrogen-bond donors (Lipinski definition) is 1. The second-order valence-corrected chi connectivity index (χ2v) is 6.03. The van der Waals surface area contributed by atoms with Crippen LogP contribution < -0.4 is 5.32 Å². The molecular weight excluding hydrogens is 200 g/mol. The molecule has 1 atom stereocenters. The van der Waals surface area contributed by atoms with E-state index in [9.17, 15) is 0 Å². The second-order valence-electron chi connectivity index (χ2n) is 6.03. The molecule has 0 saturated carbocycles. The van der Waals surface area contributed by atoms with Crippen molar-refractivity contribution >= 4 is 0 Å². The quantitative estimate of drug-likeness (QED) is 0.677. The summed E-state index contributed by atoms with van der Waals surface area (Å²) in [5.74, 6) is 0.650. The summed E-state index contributed by atoms with van der Waals surface area (Å²) in [6.45, 7) is 13.6. The molecule has 0 radical (unpaired) electrons. The first-order chi connectivity index (χ1) is 7.22. The molecule has 0 aromatic carbocycles. The Balaban J connectivity index is 3.77. The van der Waals surface area contributed by atoms with Gasteiger partial charge in [0.25, 0.3) is 0 Å². The van der Waals surface area contributed by atoms with Gasteiger partial charge in [0, 0.05) is 19.1 Å². The van der Waals surface area contributed by atoms with Crippen LogP contribution in [0.4, 0.5) is 0 Å². The van der Waals surface area contributed by atoms with Gasteiger partial charge in [0.2, 0.25) is 0 Å². The van der Waals surface area contributed by atoms with Crippen LogP contribution in [0.5, 0.6) is 0 Å². The number of rotatable bonds is 7. The van der Waals surface area contributed by atoms with E-state index in [2.05, 4.69) is 58.9 Å². The molecule has 0 bridgehead atoms. The number of ether oxygens (including phenoxy) is 1. The molecule has 0 aromatic heterocycles. The van der Waals surface area contributed by atoms with Gasteiger partial charge >= 0.3 is 0 Å². The Labute approximate surface area is 102 Å². The molecule has 0 heterocycles. The monoisotopic (exact) mass is 230 g/mol. The summed E-state index contributed by atoms with van der Waals surface area (Å²) in [6, 6.07) is 0.540. The zero-order chi connectivity index (χ0) is 12.8. The Morgan fingerprint density at radius 3 is 2.12 bits per heavy atom. The number of hydrogen-bond acceptors (Lipinski definition) is 3. The van der Waals surface area contributed by atoms with Crippen LogP contribution in [0.15, 0.2) is 0 Å². The Bertz CT molecular complexity index is 173. The molecule has 3 heteroatoms. The average Bonchev–Trinajstić information content (AvgIpc) is 2.07. The summed E-state index contributed by atoms with van der Waals surface area (Å²) >= 11 is 0. The molecule has 1 N–H and O–H groups in total. The van der Waals surface area contributed by atoms with Gasteiger partial charge in [0.05, 0.1) is 12.2 Å². The third-order valence-electron chi connectivity index (χ3n) is 2.41. The maximum absolute atomic E-state index is 5.69. The van der Waals surface area contributed by atoms with Crippen LogP contribution in [-0.2, 0) is 4.74 Å². The van der Waals surface area contributed by atoms with Crippen molar-refractivity contribution in [2.24, 2.45) is 5.92 Å². The fraction of sp³-hybridized carbons (Fsp3) is 1.00. The SMILES string of the molecule is CC(C)C(CN(C)C)NCCOC(C)(C)C. The maximum Gasteiger partial charge on any atom is 0.0599 e. The molecule has 0 fully saturated rings. The Kier molecular flexibility index (Phi) is 7.20. The van der Waals surface area contributed by atoms with Crippen molar-refractivity contribution < 1.29 is 4.74 Å². The molecule has 0 amide bonds. The number of nitrogens with zero attached hydrogens (tertiary/aromatic N) is 1. The van der Waals surface area contributed by atoms with Crippen molar-refractivity contribution in [2.45, 2.75) is 46.3 Å². The summed E-state index contributed by atoms with van der Waals surface area (Å²) < 4.78 is 5.69. The molecule has 98 valence electrons. The lowest BCUT2D eigenvalue weighted by atomic mass is 10.0. The van der Waals surface area contributed by atoms with E-state index in [4.69, 9.17) is 4.74 Å². The van der Waals surface area contributed by atoms with Crippen LogP contribution in [0.25, 0.3) is 0 Å². The van der Waals surface area contributed by atoms with Crippen molar-refractivity contribution in [3.63, 3.8) is 0 Å². The van der Waals surface area contributed by atoms with E-state index in [0.29, 0.717) is 12.0 Å². The summed E-state index contributed by atoms with van der Waals surface area (Å²) in [4.78, 5) is 2.22. The predicted octanol–water partition coefficient (Wildman–Crippen LogP) is 1.98. The van der Waals surface area contributed by atoms with Gasteiger partial charge in [0.1, 0.15) is 0 Å². The van der Waals surface area contributed by atoms with Crippen LogP contribution in [-0.4, -0.2) is 50.3 Å². The molecule has 0 rings (SSSR count). The van der Waals surface area contributed by atoms with E-state index in [1.807, 2.05) is 0 Å². The van der Waals surface area contributed by atoms with Gasteiger partial charge in [-0.05, 0) is 40.8 Å². The Hall–Kier alpha value is -0.120. The molecule has 0 aliphatic rings. The lowest BCUT2D eigenvalue weighted by molar-refractivity contribution is -0.00231. The minimum atomic E-state index is -0.0312. The smallest absolute Gasteiger partial charge is 0.0599 e. The summed E-state index contributed by atoms with van der Waals surface area (Å²) in [6.07, 6.45) is 0. The largest absolute Gasteiger partial charge is 0.375 e. The highest BCUT2D eigenvalue weighted by Gasteiger charge is 2.14. The fourth-order valence-electron chi connectivity index (χ4n) is 1.51. The van der Waals surface area contributed by atoms with Crippen molar-refractivity contribution in [1.29, 1.82) is 0 Å². The van der Waals surface area contributed by atoms with Gasteiger partial charge in [-0.1, -0.05) is 13.8 Å². The molecule has 3 nitrogen and oxygen atoms in total. The highest BCUT2D eigenvalue weighted by molar-refractivity contribution is 4.73. The molecule has 1 unspecified atom stereocenters. The maximum atomic E-state index is 5.69. The first-order valence-corrected chi connectivity index (χ1v) is 6.24. The predicted molar refractivity (Wildman–Crippen MR) is 70.9 cm³/mol. The van der Waals surface area contributed by atoms with Crippen molar-refractivity contribution in [3.8, 4) is 0 Å². The average molecular weight is 230 g/mol. The number of likely N-dealkylation sites (N-methyl/N-ethyl adjacent to an activating group) is 1. The van der Waals surface area contributed by atoms with E-state index in [0.717, 1.165) is 19.7 Å². The van der Waals surface area contributed by atoms with E-state index >= 15 is 0 Å². The summed E-state index contributed by atoms with van der Waals surface area (Å²) in [5.41, 5.74) is -0.0312. The van der Waals surface area contributed by atoms with Crippen LogP contribution in [0, 0.1) is 5.92 Å². The van der Waals surface area contributed by atoms with Gasteiger partial charge in [-0.25, -0.2) is 0 Å². The minimum absolute atomic E-state index is 0.0312. The third-order valence-corrected chi connectivity index (χ3v) is 2.41. The molecule has 0 spiro atoms. The van der Waals surface area contributed by atoms with Crippen LogP contribution in [0.1, 0.15) is 34.6 Å². The van der Waals surface area contributed by atoms with Crippen LogP contribution in [0.3, 0.4) is 0 Å². The lowest BCUT2D eigenvalue weighted by Crippen LogP contribution is -2.43. The molecule has 0 saturated heterocycles. The fourth-order valence-corrected chi connectivity index (χ4v) is 1.51. The molecule has 0 aliphatic carbocycles. The standard InChI is InChI=1S/C13H30N2O/c1-11(2)12(10-15(6)7)14-8-9-16-13(3,4)5/h11-12,14H,8-10H2,1-7H3.